The number of rotatable bonds is 3. The van der Waals surface area contributed by atoms with Crippen LogP contribution in [0.1, 0.15) is 53.1 Å². The summed E-state index contributed by atoms with van der Waals surface area (Å²) < 4.78 is 6.52. The van der Waals surface area contributed by atoms with E-state index in [1.54, 1.807) is 32.0 Å². The molecule has 0 fully saturated rings. The van der Waals surface area contributed by atoms with Crippen molar-refractivity contribution >= 4 is 46.2 Å². The Morgan fingerprint density at radius 1 is 1.27 bits per heavy atom. The lowest BCUT2D eigenvalue weighted by Gasteiger charge is -2.42. The minimum Gasteiger partial charge on any atom is -0.485 e. The molecule has 3 rings (SSSR count). The molecule has 2 aromatic rings. The fourth-order valence-electron chi connectivity index (χ4n) is 2.89. The molecule has 138 valence electrons. The van der Waals surface area contributed by atoms with Gasteiger partial charge < -0.3 is 15.2 Å². The maximum absolute atomic E-state index is 12.7. The lowest BCUT2D eigenvalue weighted by atomic mass is 9.85. The van der Waals surface area contributed by atoms with Gasteiger partial charge in [0, 0.05) is 11.1 Å². The maximum atomic E-state index is 12.7. The molecule has 0 bridgehead atoms. The number of amides is 1. The number of nitrogens with one attached hydrogen (secondary N) is 1. The third kappa shape index (κ3) is 3.47. The Morgan fingerprint density at radius 3 is 2.54 bits per heavy atom. The number of aliphatic hydroxyl groups excluding tert-OH is 1. The van der Waals surface area contributed by atoms with Gasteiger partial charge in [0.15, 0.2) is 5.78 Å². The molecule has 2 atom stereocenters. The number of ether oxygens (including phenoxy) is 1. The Bertz CT molecular complexity index is 893. The molecule has 1 aromatic heterocycles. The number of carbonyl (C=O) groups is 2. The van der Waals surface area contributed by atoms with E-state index in [2.05, 4.69) is 5.32 Å². The topological polar surface area (TPSA) is 75.6 Å². The van der Waals surface area contributed by atoms with E-state index in [0.717, 1.165) is 11.3 Å². The third-order valence-electron chi connectivity index (χ3n) is 4.34. The van der Waals surface area contributed by atoms with Crippen molar-refractivity contribution in [3.63, 3.8) is 0 Å². The Hall–Kier alpha value is -1.60. The van der Waals surface area contributed by atoms with Crippen molar-refractivity contribution in [2.24, 2.45) is 0 Å². The molecular formula is C18H17Cl2NO4S. The summed E-state index contributed by atoms with van der Waals surface area (Å²) in [6.45, 7) is 4.91. The second-order valence-corrected chi connectivity index (χ2v) is 8.93. The highest BCUT2D eigenvalue weighted by Crippen LogP contribution is 2.41. The summed E-state index contributed by atoms with van der Waals surface area (Å²) in [5, 5.41) is 13.6. The van der Waals surface area contributed by atoms with Crippen LogP contribution in [0.2, 0.25) is 8.67 Å². The van der Waals surface area contributed by atoms with Crippen LogP contribution in [0.25, 0.3) is 0 Å². The van der Waals surface area contributed by atoms with Gasteiger partial charge in [0.25, 0.3) is 5.91 Å². The molecule has 1 aromatic carbocycles. The smallest absolute Gasteiger partial charge is 0.254 e. The minimum absolute atomic E-state index is 0.120. The summed E-state index contributed by atoms with van der Waals surface area (Å²) in [6, 6.07) is 5.67. The van der Waals surface area contributed by atoms with Crippen molar-refractivity contribution in [1.82, 2.24) is 5.32 Å². The summed E-state index contributed by atoms with van der Waals surface area (Å²) in [5.74, 6) is -0.0750. The van der Waals surface area contributed by atoms with Gasteiger partial charge in [-0.15, -0.1) is 11.3 Å². The van der Waals surface area contributed by atoms with E-state index >= 15 is 0 Å². The molecule has 26 heavy (non-hydrogen) atoms. The molecule has 5 nitrogen and oxygen atoms in total. The summed E-state index contributed by atoms with van der Waals surface area (Å²) >= 11 is 13.1. The molecule has 0 saturated carbocycles. The second-order valence-electron chi connectivity index (χ2n) is 6.65. The SMILES string of the molecule is CC(=O)c1ccc2c(c1)[C@H](NC(=O)c1cc(Cl)sc1Cl)[C@H](O)C(C)(C)O2. The normalized spacial score (nSPS) is 20.8. The highest BCUT2D eigenvalue weighted by atomic mass is 35.5. The first-order valence-electron chi connectivity index (χ1n) is 7.88. The lowest BCUT2D eigenvalue weighted by molar-refractivity contribution is -0.0627. The number of hydrogen-bond donors (Lipinski definition) is 2. The summed E-state index contributed by atoms with van der Waals surface area (Å²) in [7, 11) is 0. The molecule has 8 heteroatoms. The zero-order valence-corrected chi connectivity index (χ0v) is 16.6. The molecule has 1 amide bonds. The van der Waals surface area contributed by atoms with Gasteiger partial charge in [0.1, 0.15) is 21.8 Å². The Kier molecular flexibility index (Phi) is 5.05. The summed E-state index contributed by atoms with van der Waals surface area (Å²) in [5.41, 5.74) is 0.312. The molecule has 1 aliphatic rings. The van der Waals surface area contributed by atoms with Crippen molar-refractivity contribution in [2.75, 3.05) is 0 Å². The number of benzene rings is 1. The number of carbonyl (C=O) groups excluding carboxylic acids is 2. The molecule has 0 radical (unpaired) electrons. The van der Waals surface area contributed by atoms with Crippen LogP contribution in [0.5, 0.6) is 5.75 Å². The van der Waals surface area contributed by atoms with Gasteiger partial charge in [-0.2, -0.15) is 0 Å². The van der Waals surface area contributed by atoms with Crippen LogP contribution in [0.3, 0.4) is 0 Å². The van der Waals surface area contributed by atoms with Gasteiger partial charge in [-0.25, -0.2) is 0 Å². The number of Topliss-reactive ketones (excluding diaryl/α,β-unsaturated/α-hetero) is 1. The fraction of sp³-hybridized carbons (Fsp3) is 0.333. The average molecular weight is 414 g/mol. The van der Waals surface area contributed by atoms with Gasteiger partial charge in [-0.05, 0) is 45.0 Å². The van der Waals surface area contributed by atoms with Crippen molar-refractivity contribution in [3.05, 3.63) is 49.6 Å². The lowest BCUT2D eigenvalue weighted by Crippen LogP contribution is -2.53. The van der Waals surface area contributed by atoms with Gasteiger partial charge in [0.05, 0.1) is 15.9 Å². The molecule has 0 unspecified atom stereocenters. The van der Waals surface area contributed by atoms with Crippen LogP contribution in [0, 0.1) is 0 Å². The Balaban J connectivity index is 2.02. The highest BCUT2D eigenvalue weighted by molar-refractivity contribution is 7.20. The first kappa shape index (κ1) is 19.2. The highest BCUT2D eigenvalue weighted by Gasteiger charge is 2.44. The molecule has 2 N–H and O–H groups in total. The van der Waals surface area contributed by atoms with E-state index in [1.807, 2.05) is 0 Å². The van der Waals surface area contributed by atoms with Crippen LogP contribution in [0.4, 0.5) is 0 Å². The van der Waals surface area contributed by atoms with E-state index in [4.69, 9.17) is 27.9 Å². The maximum Gasteiger partial charge on any atom is 0.254 e. The Labute approximate surface area is 164 Å². The first-order valence-corrected chi connectivity index (χ1v) is 9.45. The van der Waals surface area contributed by atoms with Gasteiger partial charge in [0.2, 0.25) is 0 Å². The fourth-order valence-corrected chi connectivity index (χ4v) is 4.35. The van der Waals surface area contributed by atoms with E-state index < -0.39 is 23.7 Å². The van der Waals surface area contributed by atoms with Crippen LogP contribution < -0.4 is 10.1 Å². The van der Waals surface area contributed by atoms with Gasteiger partial charge >= 0.3 is 0 Å². The zero-order chi connectivity index (χ0) is 19.2. The second kappa shape index (κ2) is 6.85. The standard InChI is InChI=1S/C18H17Cl2NO4S/c1-8(22)9-4-5-12-10(6-9)14(15(23)18(2,3)25-12)21-17(24)11-7-13(19)26-16(11)20/h4-7,14-15,23H,1-3H3,(H,21,24)/t14-,15-/m0/s1. The summed E-state index contributed by atoms with van der Waals surface area (Å²) in [6.07, 6.45) is -1.03. The van der Waals surface area contributed by atoms with Gasteiger partial charge in [-0.1, -0.05) is 23.2 Å². The number of aliphatic hydroxyl groups is 1. The van der Waals surface area contributed by atoms with Crippen LogP contribution >= 0.6 is 34.5 Å². The Morgan fingerprint density at radius 2 is 1.96 bits per heavy atom. The van der Waals surface area contributed by atoms with Crippen molar-refractivity contribution in [3.8, 4) is 5.75 Å². The van der Waals surface area contributed by atoms with Crippen molar-refractivity contribution in [1.29, 1.82) is 0 Å². The molecule has 2 heterocycles. The molecular weight excluding hydrogens is 397 g/mol. The van der Waals surface area contributed by atoms with Crippen LogP contribution in [0.15, 0.2) is 24.3 Å². The van der Waals surface area contributed by atoms with Crippen molar-refractivity contribution < 1.29 is 19.4 Å². The summed E-state index contributed by atoms with van der Waals surface area (Å²) in [4.78, 5) is 24.4. The number of ketones is 1. The zero-order valence-electron chi connectivity index (χ0n) is 14.3. The van der Waals surface area contributed by atoms with Crippen LogP contribution in [-0.2, 0) is 0 Å². The monoisotopic (exact) mass is 413 g/mol. The number of thiophene rings is 1. The number of fused-ring (bicyclic) bond motifs is 1. The minimum atomic E-state index is -1.03. The third-order valence-corrected chi connectivity index (χ3v) is 5.83. The van der Waals surface area contributed by atoms with E-state index in [-0.39, 0.29) is 15.7 Å². The average Bonchev–Trinajstić information content (AvgIpc) is 2.89. The predicted molar refractivity (Wildman–Crippen MR) is 102 cm³/mol. The predicted octanol–water partition coefficient (Wildman–Crippen LogP) is 4.26. The molecule has 0 spiro atoms. The van der Waals surface area contributed by atoms with E-state index in [0.29, 0.717) is 21.2 Å². The van der Waals surface area contributed by atoms with Crippen LogP contribution in [-0.4, -0.2) is 28.5 Å². The molecule has 0 saturated heterocycles. The van der Waals surface area contributed by atoms with E-state index in [1.165, 1.54) is 13.0 Å². The molecule has 0 aliphatic carbocycles. The number of halogens is 2. The van der Waals surface area contributed by atoms with E-state index in [9.17, 15) is 14.7 Å². The van der Waals surface area contributed by atoms with Gasteiger partial charge in [-0.3, -0.25) is 9.59 Å². The quantitative estimate of drug-likeness (QED) is 0.736. The number of hydrogen-bond acceptors (Lipinski definition) is 5. The largest absolute Gasteiger partial charge is 0.485 e. The first-order chi connectivity index (χ1) is 12.1. The van der Waals surface area contributed by atoms with Crippen molar-refractivity contribution in [2.45, 2.75) is 38.5 Å². The molecule has 1 aliphatic heterocycles.